The molecule has 4 heterocycles. The van der Waals surface area contributed by atoms with Crippen LogP contribution >= 0.6 is 0 Å². The van der Waals surface area contributed by atoms with Gasteiger partial charge in [0.1, 0.15) is 30.0 Å². The predicted octanol–water partition coefficient (Wildman–Crippen LogP) is -1.33. The van der Waals surface area contributed by atoms with E-state index in [1.807, 2.05) is 0 Å². The number of nitrogens with two attached hydrogens (primary N) is 1. The molecule has 2 fully saturated rings. The highest BCUT2D eigenvalue weighted by molar-refractivity contribution is 5.99. The zero-order chi connectivity index (χ0) is 21.9. The maximum absolute atomic E-state index is 12.6. The molecule has 1 amide bonds. The Kier molecular flexibility index (Phi) is 4.66. The van der Waals surface area contributed by atoms with Gasteiger partial charge in [0.05, 0.1) is 17.2 Å². The van der Waals surface area contributed by atoms with Crippen molar-refractivity contribution in [3.8, 4) is 11.3 Å². The fourth-order valence-corrected chi connectivity index (χ4v) is 4.15. The van der Waals surface area contributed by atoms with Crippen molar-refractivity contribution < 1.29 is 24.9 Å². The minimum Gasteiger partial charge on any atom is -0.393 e. The number of anilines is 1. The molecule has 0 aromatic carbocycles. The van der Waals surface area contributed by atoms with Crippen molar-refractivity contribution in [1.29, 1.82) is 0 Å². The molecule has 164 valence electrons. The second kappa shape index (κ2) is 7.27. The van der Waals surface area contributed by atoms with E-state index in [1.54, 1.807) is 30.2 Å². The van der Waals surface area contributed by atoms with Gasteiger partial charge in [-0.05, 0) is 18.9 Å². The average molecular weight is 429 g/mol. The van der Waals surface area contributed by atoms with Gasteiger partial charge in [0.2, 0.25) is 0 Å². The van der Waals surface area contributed by atoms with Crippen LogP contribution in [0.4, 0.5) is 5.82 Å². The van der Waals surface area contributed by atoms with Gasteiger partial charge in [-0.3, -0.25) is 9.48 Å². The molecule has 3 aromatic heterocycles. The summed E-state index contributed by atoms with van der Waals surface area (Å²) in [6, 6.07) is 1.63. The lowest BCUT2D eigenvalue weighted by Gasteiger charge is -2.32. The monoisotopic (exact) mass is 429 g/mol. The minimum atomic E-state index is -1.44. The van der Waals surface area contributed by atoms with E-state index < -0.39 is 36.6 Å². The molecule has 0 radical (unpaired) electrons. The van der Waals surface area contributed by atoms with Gasteiger partial charge in [-0.1, -0.05) is 0 Å². The van der Waals surface area contributed by atoms with Gasteiger partial charge in [0.25, 0.3) is 5.91 Å². The van der Waals surface area contributed by atoms with Crippen molar-refractivity contribution >= 4 is 22.8 Å². The highest BCUT2D eigenvalue weighted by Crippen LogP contribution is 2.38. The summed E-state index contributed by atoms with van der Waals surface area (Å²) >= 11 is 0. The lowest BCUT2D eigenvalue weighted by Crippen LogP contribution is -2.52. The van der Waals surface area contributed by atoms with Crippen molar-refractivity contribution in [2.24, 2.45) is 7.05 Å². The van der Waals surface area contributed by atoms with Gasteiger partial charge in [-0.25, -0.2) is 9.97 Å². The van der Waals surface area contributed by atoms with Crippen LogP contribution in [0.2, 0.25) is 0 Å². The van der Waals surface area contributed by atoms with Crippen LogP contribution < -0.4 is 11.1 Å². The van der Waals surface area contributed by atoms with E-state index in [9.17, 15) is 20.1 Å². The lowest BCUT2D eigenvalue weighted by molar-refractivity contribution is -0.139. The zero-order valence-corrected chi connectivity index (χ0v) is 16.7. The Morgan fingerprint density at radius 2 is 2.03 bits per heavy atom. The van der Waals surface area contributed by atoms with Gasteiger partial charge < -0.3 is 35.7 Å². The summed E-state index contributed by atoms with van der Waals surface area (Å²) in [7, 11) is 1.78. The Bertz CT molecular complexity index is 1140. The zero-order valence-electron chi connectivity index (χ0n) is 16.7. The number of aromatic nitrogens is 5. The maximum atomic E-state index is 12.6. The molecule has 1 aliphatic carbocycles. The second-order valence-electron chi connectivity index (χ2n) is 8.04. The van der Waals surface area contributed by atoms with Crippen LogP contribution in [0.3, 0.4) is 0 Å². The van der Waals surface area contributed by atoms with Crippen LogP contribution in [-0.2, 0) is 16.6 Å². The van der Waals surface area contributed by atoms with E-state index in [1.165, 1.54) is 10.9 Å². The van der Waals surface area contributed by atoms with Gasteiger partial charge >= 0.3 is 0 Å². The van der Waals surface area contributed by atoms with Crippen LogP contribution in [-0.4, -0.2) is 76.0 Å². The van der Waals surface area contributed by atoms with Crippen molar-refractivity contribution in [2.75, 3.05) is 5.73 Å². The standard InChI is InChI=1S/C19H23N7O5/c1-25-3-2-11(24-25)10-6-26(17-12(10)16(20)21-7-22-17)19-14(29)13(28)15(31-19)18(30)23-8-4-9(27)5-8/h2-3,6-9,13-15,19,27-29H,4-5H2,1H3,(H,23,30)(H2,20,21,22)/t8?,9?,13-,14+,15-,19+/m0/s1. The summed E-state index contributed by atoms with van der Waals surface area (Å²) < 4.78 is 8.97. The number of nitrogen functional groups attached to an aromatic ring is 1. The number of amides is 1. The number of nitrogens with one attached hydrogen (secondary N) is 1. The number of aryl methyl sites for hydroxylation is 1. The molecule has 3 aromatic rings. The van der Waals surface area contributed by atoms with E-state index >= 15 is 0 Å². The van der Waals surface area contributed by atoms with Crippen LogP contribution in [0, 0.1) is 0 Å². The molecule has 0 unspecified atom stereocenters. The first kappa shape index (κ1) is 19.9. The molecular formula is C19H23N7O5. The third kappa shape index (κ3) is 3.24. The lowest BCUT2D eigenvalue weighted by atomic mass is 9.89. The number of rotatable bonds is 4. The SMILES string of the molecule is Cn1ccc(-c2cn([C@@H]3O[C@H](C(=O)NC4CC(O)C4)[C@@H](O)[C@H]3O)c3ncnc(N)c23)n1. The fraction of sp³-hybridized carbons (Fsp3) is 0.474. The number of aliphatic hydroxyl groups excluding tert-OH is 3. The molecule has 1 saturated heterocycles. The average Bonchev–Trinajstić information content (AvgIpc) is 3.38. The number of hydrogen-bond acceptors (Lipinski definition) is 9. The number of carbonyl (C=O) groups excluding carboxylic acids is 1. The first-order valence-corrected chi connectivity index (χ1v) is 9.94. The molecule has 1 aliphatic heterocycles. The number of nitrogens with zero attached hydrogens (tertiary/aromatic N) is 5. The molecule has 2 aliphatic rings. The molecule has 12 heteroatoms. The largest absolute Gasteiger partial charge is 0.393 e. The molecule has 12 nitrogen and oxygen atoms in total. The van der Waals surface area contributed by atoms with E-state index in [4.69, 9.17) is 10.5 Å². The Morgan fingerprint density at radius 3 is 2.71 bits per heavy atom. The Hall–Kier alpha value is -3.06. The summed E-state index contributed by atoms with van der Waals surface area (Å²) in [6.07, 6.45) is 0.0384. The quantitative estimate of drug-likeness (QED) is 0.337. The van der Waals surface area contributed by atoms with Crippen molar-refractivity contribution in [2.45, 2.75) is 49.5 Å². The van der Waals surface area contributed by atoms with Crippen molar-refractivity contribution in [3.05, 3.63) is 24.8 Å². The third-order valence-corrected chi connectivity index (χ3v) is 5.86. The molecule has 5 rings (SSSR count). The van der Waals surface area contributed by atoms with Crippen LogP contribution in [0.1, 0.15) is 19.1 Å². The Balaban J connectivity index is 1.49. The number of carbonyl (C=O) groups is 1. The van der Waals surface area contributed by atoms with E-state index in [2.05, 4.69) is 20.4 Å². The van der Waals surface area contributed by atoms with Crippen LogP contribution in [0.15, 0.2) is 24.8 Å². The summed E-state index contributed by atoms with van der Waals surface area (Å²) in [4.78, 5) is 20.9. The fourth-order valence-electron chi connectivity index (χ4n) is 4.15. The highest BCUT2D eigenvalue weighted by Gasteiger charge is 2.48. The summed E-state index contributed by atoms with van der Waals surface area (Å²) in [5.41, 5.74) is 7.74. The molecule has 0 spiro atoms. The third-order valence-electron chi connectivity index (χ3n) is 5.86. The number of hydrogen-bond donors (Lipinski definition) is 5. The van der Waals surface area contributed by atoms with Crippen LogP contribution in [0.25, 0.3) is 22.3 Å². The Labute approximate surface area is 176 Å². The highest BCUT2D eigenvalue weighted by atomic mass is 16.6. The topological polar surface area (TPSA) is 174 Å². The van der Waals surface area contributed by atoms with Crippen molar-refractivity contribution in [1.82, 2.24) is 29.6 Å². The summed E-state index contributed by atoms with van der Waals surface area (Å²) in [6.45, 7) is 0. The number of aliphatic hydroxyl groups is 3. The molecule has 31 heavy (non-hydrogen) atoms. The smallest absolute Gasteiger partial charge is 0.252 e. The van der Waals surface area contributed by atoms with Crippen molar-refractivity contribution in [3.63, 3.8) is 0 Å². The van der Waals surface area contributed by atoms with E-state index in [0.717, 1.165) is 0 Å². The van der Waals surface area contributed by atoms with Gasteiger partial charge in [-0.2, -0.15) is 5.10 Å². The minimum absolute atomic E-state index is 0.176. The Morgan fingerprint density at radius 1 is 1.26 bits per heavy atom. The molecule has 4 atom stereocenters. The second-order valence-corrected chi connectivity index (χ2v) is 8.04. The van der Waals surface area contributed by atoms with Gasteiger partial charge in [0.15, 0.2) is 12.3 Å². The number of ether oxygens (including phenoxy) is 1. The molecule has 1 saturated carbocycles. The first-order valence-electron chi connectivity index (χ1n) is 9.94. The van der Waals surface area contributed by atoms with E-state index in [-0.39, 0.29) is 11.9 Å². The first-order chi connectivity index (χ1) is 14.8. The predicted molar refractivity (Wildman–Crippen MR) is 107 cm³/mol. The van der Waals surface area contributed by atoms with Gasteiger partial charge in [-0.15, -0.1) is 0 Å². The summed E-state index contributed by atoms with van der Waals surface area (Å²) in [5, 5.41) is 38.2. The number of fused-ring (bicyclic) bond motifs is 1. The molecule has 0 bridgehead atoms. The molecular weight excluding hydrogens is 406 g/mol. The van der Waals surface area contributed by atoms with E-state index in [0.29, 0.717) is 35.1 Å². The van der Waals surface area contributed by atoms with Crippen LogP contribution in [0.5, 0.6) is 0 Å². The summed E-state index contributed by atoms with van der Waals surface area (Å²) in [5.74, 6) is -0.309. The molecule has 6 N–H and O–H groups in total. The maximum Gasteiger partial charge on any atom is 0.252 e. The van der Waals surface area contributed by atoms with Gasteiger partial charge in [0, 0.05) is 31.0 Å². The normalized spacial score (nSPS) is 30.5.